The summed E-state index contributed by atoms with van der Waals surface area (Å²) in [5, 5.41) is 8.97. The number of benzene rings is 2. The Morgan fingerprint density at radius 3 is 2.54 bits per heavy atom. The Morgan fingerprint density at radius 2 is 1.80 bits per heavy atom. The van der Waals surface area contributed by atoms with E-state index in [0.29, 0.717) is 5.92 Å². The van der Waals surface area contributed by atoms with Crippen LogP contribution < -0.4 is 0 Å². The number of fused-ring (bicyclic) bond motifs is 1. The Bertz CT molecular complexity index is 1410. The van der Waals surface area contributed by atoms with Gasteiger partial charge in [0, 0.05) is 57.7 Å². The molecule has 3 aromatic rings. The summed E-state index contributed by atoms with van der Waals surface area (Å²) in [6, 6.07) is 15.5. The molecule has 1 N–H and O–H groups in total. The molecule has 41 heavy (non-hydrogen) atoms. The van der Waals surface area contributed by atoms with Gasteiger partial charge in [-0.1, -0.05) is 49.1 Å². The van der Waals surface area contributed by atoms with Gasteiger partial charge in [0.25, 0.3) is 0 Å². The fourth-order valence-electron chi connectivity index (χ4n) is 6.25. The van der Waals surface area contributed by atoms with Crippen molar-refractivity contribution >= 4 is 34.5 Å². The minimum Gasteiger partial charge on any atom is -0.379 e. The second kappa shape index (κ2) is 13.0. The van der Waals surface area contributed by atoms with Crippen LogP contribution in [-0.2, 0) is 16.1 Å². The second-order valence-electron chi connectivity index (χ2n) is 11.5. The fourth-order valence-corrected chi connectivity index (χ4v) is 6.25. The summed E-state index contributed by atoms with van der Waals surface area (Å²) >= 11 is 0. The largest absolute Gasteiger partial charge is 0.379 e. The van der Waals surface area contributed by atoms with Crippen LogP contribution in [0.2, 0.25) is 0 Å². The molecular formula is C34H41N5O2. The monoisotopic (exact) mass is 551 g/mol. The molecule has 2 fully saturated rings. The van der Waals surface area contributed by atoms with Gasteiger partial charge in [-0.15, -0.1) is 0 Å². The van der Waals surface area contributed by atoms with Crippen LogP contribution in [0, 0.1) is 5.92 Å². The maximum absolute atomic E-state index is 11.9. The van der Waals surface area contributed by atoms with Gasteiger partial charge in [0.05, 0.1) is 24.4 Å². The van der Waals surface area contributed by atoms with E-state index < -0.39 is 0 Å². The fraction of sp³-hybridized carbons (Fsp3) is 0.412. The lowest BCUT2D eigenvalue weighted by molar-refractivity contribution is -0.127. The first-order chi connectivity index (χ1) is 20.1. The van der Waals surface area contributed by atoms with Crippen LogP contribution in [0.4, 0.5) is 0 Å². The molecule has 1 aromatic heterocycles. The van der Waals surface area contributed by atoms with Gasteiger partial charge >= 0.3 is 0 Å². The SMILES string of the molecule is C=CC(=O)N1CCN(CC2CC=C(c3ccc4[nH]nc(/C=C/c5ccc(CN6CCOCC6)cc5)c4c3)CC2)CC1. The van der Waals surface area contributed by atoms with E-state index in [1.807, 2.05) is 4.90 Å². The van der Waals surface area contributed by atoms with Crippen LogP contribution in [0.25, 0.3) is 28.6 Å². The van der Waals surface area contributed by atoms with Gasteiger partial charge < -0.3 is 9.64 Å². The van der Waals surface area contributed by atoms with Gasteiger partial charge in [0.1, 0.15) is 0 Å². The smallest absolute Gasteiger partial charge is 0.246 e. The number of allylic oxidation sites excluding steroid dienone is 2. The van der Waals surface area contributed by atoms with Gasteiger partial charge in [0.15, 0.2) is 0 Å². The molecule has 214 valence electrons. The van der Waals surface area contributed by atoms with Crippen molar-refractivity contribution in [1.29, 1.82) is 0 Å². The normalized spacial score (nSPS) is 20.9. The number of H-pyrrole nitrogens is 1. The minimum atomic E-state index is 0.0527. The number of aromatic amines is 1. The number of nitrogens with zero attached hydrogens (tertiary/aromatic N) is 4. The number of piperazine rings is 1. The summed E-state index contributed by atoms with van der Waals surface area (Å²) in [6.07, 6.45) is 11.6. The highest BCUT2D eigenvalue weighted by molar-refractivity contribution is 5.91. The van der Waals surface area contributed by atoms with Crippen molar-refractivity contribution in [3.8, 4) is 0 Å². The zero-order chi connectivity index (χ0) is 28.0. The third-order valence-electron chi connectivity index (χ3n) is 8.78. The number of rotatable bonds is 8. The quantitative estimate of drug-likeness (QED) is 0.396. The highest BCUT2D eigenvalue weighted by Gasteiger charge is 2.23. The summed E-state index contributed by atoms with van der Waals surface area (Å²) in [7, 11) is 0. The Labute approximate surface area is 243 Å². The number of hydrogen-bond acceptors (Lipinski definition) is 5. The first-order valence-electron chi connectivity index (χ1n) is 15.0. The molecule has 1 aliphatic carbocycles. The van der Waals surface area contributed by atoms with E-state index in [9.17, 15) is 4.79 Å². The molecular weight excluding hydrogens is 510 g/mol. The van der Waals surface area contributed by atoms with Crippen LogP contribution in [0.3, 0.4) is 0 Å². The number of ether oxygens (including phenoxy) is 1. The third kappa shape index (κ3) is 6.87. The lowest BCUT2D eigenvalue weighted by Crippen LogP contribution is -2.49. The average Bonchev–Trinajstić information content (AvgIpc) is 3.44. The Hall–Kier alpha value is -3.52. The van der Waals surface area contributed by atoms with E-state index in [0.717, 1.165) is 95.0 Å². The van der Waals surface area contributed by atoms with E-state index in [1.54, 1.807) is 0 Å². The topological polar surface area (TPSA) is 64.7 Å². The predicted molar refractivity (Wildman–Crippen MR) is 166 cm³/mol. The second-order valence-corrected chi connectivity index (χ2v) is 11.5. The van der Waals surface area contributed by atoms with E-state index in [1.165, 1.54) is 34.8 Å². The number of nitrogens with one attached hydrogen (secondary N) is 1. The number of carbonyl (C=O) groups excluding carboxylic acids is 1. The number of carbonyl (C=O) groups is 1. The van der Waals surface area contributed by atoms with Crippen molar-refractivity contribution in [2.75, 3.05) is 59.0 Å². The molecule has 2 aliphatic heterocycles. The van der Waals surface area contributed by atoms with E-state index in [4.69, 9.17) is 4.74 Å². The Kier molecular flexibility index (Phi) is 8.75. The predicted octanol–water partition coefficient (Wildman–Crippen LogP) is 5.08. The standard InChI is InChI=1S/C34H41N5O2/c1-2-34(40)39-17-15-37(16-18-39)24-28-7-10-29(11-8-28)30-12-14-33-31(23-30)32(35-36-33)13-9-26-3-5-27(6-4-26)25-38-19-21-41-22-20-38/h2-6,9-10,12-14,23,28H,1,7-8,11,15-22,24-25H2,(H,35,36)/b13-9+. The molecule has 0 radical (unpaired) electrons. The van der Waals surface area contributed by atoms with Gasteiger partial charge in [-0.05, 0) is 71.7 Å². The van der Waals surface area contributed by atoms with E-state index in [2.05, 4.69) is 87.3 Å². The Balaban J connectivity index is 1.06. The molecule has 1 atom stereocenters. The van der Waals surface area contributed by atoms with Gasteiger partial charge in [-0.3, -0.25) is 19.7 Å². The Morgan fingerprint density at radius 1 is 1.00 bits per heavy atom. The number of aromatic nitrogens is 2. The molecule has 3 aliphatic rings. The maximum atomic E-state index is 11.9. The molecule has 1 unspecified atom stereocenters. The van der Waals surface area contributed by atoms with Crippen molar-refractivity contribution in [2.24, 2.45) is 5.92 Å². The van der Waals surface area contributed by atoms with Gasteiger partial charge in [-0.2, -0.15) is 5.10 Å². The molecule has 2 saturated heterocycles. The van der Waals surface area contributed by atoms with Crippen LogP contribution >= 0.6 is 0 Å². The first kappa shape index (κ1) is 27.6. The number of morpholine rings is 1. The van der Waals surface area contributed by atoms with Crippen LogP contribution in [0.15, 0.2) is 61.2 Å². The van der Waals surface area contributed by atoms with Crippen molar-refractivity contribution in [2.45, 2.75) is 25.8 Å². The molecule has 0 saturated carbocycles. The van der Waals surface area contributed by atoms with Crippen molar-refractivity contribution < 1.29 is 9.53 Å². The van der Waals surface area contributed by atoms with Gasteiger partial charge in [-0.25, -0.2) is 0 Å². The van der Waals surface area contributed by atoms with E-state index >= 15 is 0 Å². The van der Waals surface area contributed by atoms with Gasteiger partial charge in [0.2, 0.25) is 5.91 Å². The molecule has 6 rings (SSSR count). The van der Waals surface area contributed by atoms with E-state index in [-0.39, 0.29) is 5.91 Å². The molecule has 1 amide bonds. The highest BCUT2D eigenvalue weighted by atomic mass is 16.5. The molecule has 7 heteroatoms. The lowest BCUT2D eigenvalue weighted by atomic mass is 9.86. The van der Waals surface area contributed by atoms with Crippen LogP contribution in [-0.4, -0.2) is 89.8 Å². The molecule has 7 nitrogen and oxygen atoms in total. The van der Waals surface area contributed by atoms with Crippen molar-refractivity contribution in [3.05, 3.63) is 83.6 Å². The minimum absolute atomic E-state index is 0.0527. The first-order valence-corrected chi connectivity index (χ1v) is 15.0. The summed E-state index contributed by atoms with van der Waals surface area (Å²) in [5.74, 6) is 0.730. The average molecular weight is 552 g/mol. The zero-order valence-electron chi connectivity index (χ0n) is 23.9. The van der Waals surface area contributed by atoms with Crippen molar-refractivity contribution in [1.82, 2.24) is 24.9 Å². The molecule has 0 bridgehead atoms. The van der Waals surface area contributed by atoms with Crippen LogP contribution in [0.5, 0.6) is 0 Å². The number of hydrogen-bond donors (Lipinski definition) is 1. The summed E-state index contributed by atoms with van der Waals surface area (Å²) in [6.45, 7) is 12.9. The van der Waals surface area contributed by atoms with Crippen LogP contribution in [0.1, 0.15) is 41.6 Å². The molecule has 0 spiro atoms. The summed E-state index contributed by atoms with van der Waals surface area (Å²) < 4.78 is 5.46. The highest BCUT2D eigenvalue weighted by Crippen LogP contribution is 2.33. The number of amides is 1. The zero-order valence-corrected chi connectivity index (χ0v) is 23.9. The molecule has 2 aromatic carbocycles. The third-order valence-corrected chi connectivity index (χ3v) is 8.78. The maximum Gasteiger partial charge on any atom is 0.246 e. The van der Waals surface area contributed by atoms with Crippen molar-refractivity contribution in [3.63, 3.8) is 0 Å². The summed E-state index contributed by atoms with van der Waals surface area (Å²) in [5.41, 5.74) is 7.30. The molecule has 3 heterocycles. The summed E-state index contributed by atoms with van der Waals surface area (Å²) in [4.78, 5) is 18.7. The lowest BCUT2D eigenvalue weighted by Gasteiger charge is -2.36.